The summed E-state index contributed by atoms with van der Waals surface area (Å²) in [6, 6.07) is 6.22. The third-order valence-electron chi connectivity index (χ3n) is 5.78. The summed E-state index contributed by atoms with van der Waals surface area (Å²) >= 11 is 5.89. The Morgan fingerprint density at radius 3 is 2.69 bits per heavy atom. The number of rotatable bonds is 7. The van der Waals surface area contributed by atoms with Crippen LogP contribution in [0.5, 0.6) is 17.5 Å². The SMILES string of the molecule is Cn1c(C(=O)NC2(C)CCS(=O)(=O)CC2)cc2ccc(Oc3ncc(Cl)cc3OCC(F)F)nc21. The van der Waals surface area contributed by atoms with Crippen molar-refractivity contribution in [1.29, 1.82) is 0 Å². The van der Waals surface area contributed by atoms with E-state index >= 15 is 0 Å². The fourth-order valence-corrected chi connectivity index (χ4v) is 5.62. The van der Waals surface area contributed by atoms with Crippen LogP contribution in [0.3, 0.4) is 0 Å². The Morgan fingerprint density at radius 1 is 1.29 bits per heavy atom. The summed E-state index contributed by atoms with van der Waals surface area (Å²) in [5.41, 5.74) is 0.146. The van der Waals surface area contributed by atoms with Gasteiger partial charge in [-0.1, -0.05) is 11.6 Å². The van der Waals surface area contributed by atoms with E-state index in [1.54, 1.807) is 29.8 Å². The molecule has 1 N–H and O–H groups in total. The number of aromatic nitrogens is 3. The van der Waals surface area contributed by atoms with Crippen LogP contribution in [0.1, 0.15) is 30.3 Å². The molecular weight excluding hydrogens is 506 g/mol. The fraction of sp³-hybridized carbons (Fsp3) is 0.409. The Kier molecular flexibility index (Phi) is 6.87. The Morgan fingerprint density at radius 2 is 2.00 bits per heavy atom. The van der Waals surface area contributed by atoms with E-state index < -0.39 is 28.4 Å². The number of amides is 1. The molecule has 0 saturated carbocycles. The summed E-state index contributed by atoms with van der Waals surface area (Å²) in [6.07, 6.45) is -0.729. The third-order valence-corrected chi connectivity index (χ3v) is 7.64. The van der Waals surface area contributed by atoms with E-state index in [1.165, 1.54) is 12.3 Å². The molecule has 1 saturated heterocycles. The molecule has 0 bridgehead atoms. The molecule has 0 unspecified atom stereocenters. The molecule has 1 fully saturated rings. The summed E-state index contributed by atoms with van der Waals surface area (Å²) in [7, 11) is -1.40. The Hall–Kier alpha value is -2.99. The Balaban J connectivity index is 1.55. The summed E-state index contributed by atoms with van der Waals surface area (Å²) in [6.45, 7) is 0.977. The van der Waals surface area contributed by atoms with Crippen molar-refractivity contribution in [3.8, 4) is 17.5 Å². The molecule has 1 aliphatic rings. The predicted molar refractivity (Wildman–Crippen MR) is 125 cm³/mol. The number of carbonyl (C=O) groups is 1. The average Bonchev–Trinajstić information content (AvgIpc) is 3.12. The fourth-order valence-electron chi connectivity index (χ4n) is 3.75. The summed E-state index contributed by atoms with van der Waals surface area (Å²) in [4.78, 5) is 21.4. The topological polar surface area (TPSA) is 112 Å². The van der Waals surface area contributed by atoms with Gasteiger partial charge in [-0.3, -0.25) is 4.79 Å². The van der Waals surface area contributed by atoms with Crippen LogP contribution in [-0.4, -0.2) is 58.9 Å². The first-order valence-corrected chi connectivity index (χ1v) is 12.9. The van der Waals surface area contributed by atoms with Crippen LogP contribution in [0, 0.1) is 0 Å². The van der Waals surface area contributed by atoms with Gasteiger partial charge in [0.05, 0.1) is 16.5 Å². The molecule has 0 atom stereocenters. The number of halogens is 3. The average molecular weight is 529 g/mol. The van der Waals surface area contributed by atoms with Gasteiger partial charge in [0.1, 0.15) is 27.8 Å². The highest BCUT2D eigenvalue weighted by Crippen LogP contribution is 2.32. The molecule has 3 aromatic rings. The highest BCUT2D eigenvalue weighted by molar-refractivity contribution is 7.91. The first kappa shape index (κ1) is 25.1. The van der Waals surface area contributed by atoms with Crippen molar-refractivity contribution in [2.75, 3.05) is 18.1 Å². The van der Waals surface area contributed by atoms with Gasteiger partial charge in [0.25, 0.3) is 18.2 Å². The van der Waals surface area contributed by atoms with Crippen LogP contribution in [0.25, 0.3) is 11.0 Å². The maximum Gasteiger partial charge on any atom is 0.272 e. The summed E-state index contributed by atoms with van der Waals surface area (Å²) < 4.78 is 60.9. The molecule has 4 heterocycles. The lowest BCUT2D eigenvalue weighted by molar-refractivity contribution is 0.0803. The molecule has 1 aliphatic heterocycles. The van der Waals surface area contributed by atoms with Gasteiger partial charge in [-0.15, -0.1) is 0 Å². The first-order chi connectivity index (χ1) is 16.4. The zero-order valence-corrected chi connectivity index (χ0v) is 20.5. The lowest BCUT2D eigenvalue weighted by Gasteiger charge is -2.34. The zero-order chi connectivity index (χ0) is 25.4. The number of nitrogens with one attached hydrogen (secondary N) is 1. The Bertz CT molecular complexity index is 1370. The van der Waals surface area contributed by atoms with Crippen molar-refractivity contribution in [2.45, 2.75) is 31.7 Å². The smallest absolute Gasteiger partial charge is 0.272 e. The van der Waals surface area contributed by atoms with E-state index in [9.17, 15) is 22.0 Å². The number of aryl methyl sites for hydroxylation is 1. The molecule has 9 nitrogen and oxygen atoms in total. The minimum absolute atomic E-state index is 0.0307. The van der Waals surface area contributed by atoms with E-state index in [4.69, 9.17) is 21.1 Å². The highest BCUT2D eigenvalue weighted by atomic mass is 35.5. The standard InChI is InChI=1S/C22H23ClF2N4O5S/c1-22(5-7-35(31,32)8-6-22)28-20(30)15-9-13-3-4-18(27-19(13)29(15)2)34-21-16(33-12-17(24)25)10-14(23)11-26-21/h3-4,9-11,17H,5-8,12H2,1-2H3,(H,28,30). The highest BCUT2D eigenvalue weighted by Gasteiger charge is 2.35. The van der Waals surface area contributed by atoms with E-state index in [0.717, 1.165) is 0 Å². The van der Waals surface area contributed by atoms with Gasteiger partial charge in [-0.2, -0.15) is 4.98 Å². The molecular formula is C22H23ClF2N4O5S. The Labute approximate surface area is 205 Å². The molecule has 35 heavy (non-hydrogen) atoms. The molecule has 1 amide bonds. The van der Waals surface area contributed by atoms with Crippen LogP contribution in [0.2, 0.25) is 5.02 Å². The molecule has 4 rings (SSSR count). The van der Waals surface area contributed by atoms with Gasteiger partial charge in [-0.25, -0.2) is 22.2 Å². The molecule has 188 valence electrons. The van der Waals surface area contributed by atoms with Crippen molar-refractivity contribution in [3.05, 3.63) is 41.2 Å². The van der Waals surface area contributed by atoms with Crippen LogP contribution >= 0.6 is 11.6 Å². The number of carbonyl (C=O) groups excluding carboxylic acids is 1. The molecule has 0 aliphatic carbocycles. The van der Waals surface area contributed by atoms with E-state index in [-0.39, 0.29) is 39.9 Å². The zero-order valence-electron chi connectivity index (χ0n) is 18.9. The van der Waals surface area contributed by atoms with Gasteiger partial charge < -0.3 is 19.4 Å². The maximum absolute atomic E-state index is 13.0. The first-order valence-electron chi connectivity index (χ1n) is 10.7. The second-order valence-electron chi connectivity index (χ2n) is 8.58. The maximum atomic E-state index is 13.0. The van der Waals surface area contributed by atoms with Crippen LogP contribution in [0.4, 0.5) is 8.78 Å². The van der Waals surface area contributed by atoms with Gasteiger partial charge in [0.2, 0.25) is 5.88 Å². The second-order valence-corrected chi connectivity index (χ2v) is 11.3. The minimum Gasteiger partial charge on any atom is -0.482 e. The molecule has 0 spiro atoms. The predicted octanol–water partition coefficient (Wildman–Crippen LogP) is 3.76. The number of sulfone groups is 1. The molecule has 0 radical (unpaired) electrons. The number of alkyl halides is 2. The van der Waals surface area contributed by atoms with Gasteiger partial charge in [-0.05, 0) is 31.9 Å². The van der Waals surface area contributed by atoms with E-state index in [0.29, 0.717) is 29.6 Å². The van der Waals surface area contributed by atoms with Crippen LogP contribution in [-0.2, 0) is 16.9 Å². The van der Waals surface area contributed by atoms with E-state index in [2.05, 4.69) is 15.3 Å². The van der Waals surface area contributed by atoms with Gasteiger partial charge in [0.15, 0.2) is 5.75 Å². The molecule has 3 aromatic heterocycles. The molecule has 0 aromatic carbocycles. The van der Waals surface area contributed by atoms with Crippen molar-refractivity contribution >= 4 is 38.4 Å². The quantitative estimate of drug-likeness (QED) is 0.497. The van der Waals surface area contributed by atoms with Crippen molar-refractivity contribution in [2.24, 2.45) is 7.05 Å². The number of ether oxygens (including phenoxy) is 2. The summed E-state index contributed by atoms with van der Waals surface area (Å²) in [5.74, 6) is -0.335. The van der Waals surface area contributed by atoms with Crippen molar-refractivity contribution < 1.29 is 31.5 Å². The summed E-state index contributed by atoms with van der Waals surface area (Å²) in [5, 5.41) is 3.81. The normalized spacial score (nSPS) is 16.9. The third kappa shape index (κ3) is 5.81. The lowest BCUT2D eigenvalue weighted by Crippen LogP contribution is -2.51. The number of hydrogen-bond donors (Lipinski definition) is 1. The van der Waals surface area contributed by atoms with Crippen LogP contribution < -0.4 is 14.8 Å². The largest absolute Gasteiger partial charge is 0.482 e. The van der Waals surface area contributed by atoms with Gasteiger partial charge in [0, 0.05) is 36.3 Å². The number of fused-ring (bicyclic) bond motifs is 1. The number of pyridine rings is 2. The number of nitrogens with zero attached hydrogens (tertiary/aromatic N) is 3. The van der Waals surface area contributed by atoms with Crippen molar-refractivity contribution in [3.63, 3.8) is 0 Å². The monoisotopic (exact) mass is 528 g/mol. The van der Waals surface area contributed by atoms with Crippen molar-refractivity contribution in [1.82, 2.24) is 19.9 Å². The second kappa shape index (κ2) is 9.57. The van der Waals surface area contributed by atoms with Gasteiger partial charge >= 0.3 is 0 Å². The minimum atomic E-state index is -3.07. The van der Waals surface area contributed by atoms with E-state index in [1.807, 2.05) is 6.92 Å². The number of hydrogen-bond acceptors (Lipinski definition) is 7. The lowest BCUT2D eigenvalue weighted by atomic mass is 9.94. The van der Waals surface area contributed by atoms with Crippen LogP contribution in [0.15, 0.2) is 30.5 Å². The molecule has 13 heteroatoms.